The van der Waals surface area contributed by atoms with Crippen LogP contribution in [0.1, 0.15) is 40.0 Å². The Morgan fingerprint density at radius 2 is 1.75 bits per heavy atom. The zero-order chi connectivity index (χ0) is 16.0. The van der Waals surface area contributed by atoms with Crippen molar-refractivity contribution in [2.24, 2.45) is 0 Å². The zero-order valence-corrected chi connectivity index (χ0v) is 13.5. The average molecular weight is 289 g/mol. The summed E-state index contributed by atoms with van der Waals surface area (Å²) >= 11 is 0. The number of carbonyl (C=O) groups is 2. The van der Waals surface area contributed by atoms with Crippen LogP contribution in [0.15, 0.2) is 0 Å². The van der Waals surface area contributed by atoms with Crippen LogP contribution in [0.3, 0.4) is 0 Å². The number of rotatable bonds is 7. The van der Waals surface area contributed by atoms with Crippen LogP contribution in [0.25, 0.3) is 0 Å². The van der Waals surface area contributed by atoms with Gasteiger partial charge in [0, 0.05) is 0 Å². The number of nitrogens with zero attached hydrogens (tertiary/aromatic N) is 1. The molecule has 0 aliphatic rings. The SMILES string of the molecule is CC(C)(C)OC(=O)N[C@@H](CCCC[N+](C)(C)C)C(=O)O. The number of hydrogen-bond acceptors (Lipinski definition) is 3. The second-order valence-electron chi connectivity index (χ2n) is 7.05. The van der Waals surface area contributed by atoms with Crippen molar-refractivity contribution in [1.29, 1.82) is 0 Å². The molecule has 0 rings (SSSR count). The molecule has 20 heavy (non-hydrogen) atoms. The Morgan fingerprint density at radius 3 is 2.15 bits per heavy atom. The fourth-order valence-corrected chi connectivity index (χ4v) is 1.64. The molecule has 118 valence electrons. The predicted octanol–water partition coefficient (Wildman–Crippen LogP) is 1.84. The van der Waals surface area contributed by atoms with E-state index in [1.165, 1.54) is 0 Å². The van der Waals surface area contributed by atoms with Crippen molar-refractivity contribution < 1.29 is 23.9 Å². The maximum atomic E-state index is 11.6. The summed E-state index contributed by atoms with van der Waals surface area (Å²) in [6.07, 6.45) is 1.40. The molecule has 1 atom stereocenters. The van der Waals surface area contributed by atoms with Crippen molar-refractivity contribution in [1.82, 2.24) is 5.32 Å². The molecule has 6 heteroatoms. The van der Waals surface area contributed by atoms with Gasteiger partial charge in [0.1, 0.15) is 11.6 Å². The van der Waals surface area contributed by atoms with Crippen molar-refractivity contribution in [3.63, 3.8) is 0 Å². The second kappa shape index (κ2) is 7.47. The third-order valence-electron chi connectivity index (χ3n) is 2.56. The summed E-state index contributed by atoms with van der Waals surface area (Å²) in [5.74, 6) is -1.03. The molecule has 0 aromatic heterocycles. The molecule has 0 radical (unpaired) electrons. The summed E-state index contributed by atoms with van der Waals surface area (Å²) in [6, 6.07) is -0.891. The van der Waals surface area contributed by atoms with Crippen molar-refractivity contribution in [3.05, 3.63) is 0 Å². The average Bonchev–Trinajstić information content (AvgIpc) is 2.17. The lowest BCUT2D eigenvalue weighted by atomic mass is 10.1. The topological polar surface area (TPSA) is 75.6 Å². The molecule has 0 saturated carbocycles. The van der Waals surface area contributed by atoms with Crippen molar-refractivity contribution >= 4 is 12.1 Å². The van der Waals surface area contributed by atoms with E-state index in [4.69, 9.17) is 9.84 Å². The molecule has 0 saturated heterocycles. The van der Waals surface area contributed by atoms with E-state index in [0.717, 1.165) is 23.9 Å². The van der Waals surface area contributed by atoms with Gasteiger partial charge in [0.25, 0.3) is 0 Å². The van der Waals surface area contributed by atoms with E-state index >= 15 is 0 Å². The van der Waals surface area contributed by atoms with Crippen LogP contribution >= 0.6 is 0 Å². The Morgan fingerprint density at radius 1 is 1.20 bits per heavy atom. The molecule has 0 heterocycles. The number of ether oxygens (including phenoxy) is 1. The molecule has 0 bridgehead atoms. The molecule has 0 unspecified atom stereocenters. The van der Waals surface area contributed by atoms with Gasteiger partial charge in [-0.1, -0.05) is 0 Å². The van der Waals surface area contributed by atoms with E-state index < -0.39 is 23.7 Å². The second-order valence-corrected chi connectivity index (χ2v) is 7.05. The van der Waals surface area contributed by atoms with Crippen molar-refractivity contribution in [2.75, 3.05) is 27.7 Å². The summed E-state index contributed by atoms with van der Waals surface area (Å²) in [5.41, 5.74) is -0.628. The number of carboxylic acid groups (broad SMARTS) is 1. The third-order valence-corrected chi connectivity index (χ3v) is 2.56. The van der Waals surface area contributed by atoms with Gasteiger partial charge in [-0.15, -0.1) is 0 Å². The molecule has 1 amide bonds. The van der Waals surface area contributed by atoms with Crippen LogP contribution in [0.2, 0.25) is 0 Å². The highest BCUT2D eigenvalue weighted by molar-refractivity contribution is 5.79. The molecule has 0 aromatic rings. The van der Waals surface area contributed by atoms with Gasteiger partial charge in [0.05, 0.1) is 27.7 Å². The van der Waals surface area contributed by atoms with Crippen molar-refractivity contribution in [2.45, 2.75) is 51.7 Å². The molecule has 0 fully saturated rings. The highest BCUT2D eigenvalue weighted by Crippen LogP contribution is 2.09. The lowest BCUT2D eigenvalue weighted by Gasteiger charge is -2.24. The number of alkyl carbamates (subject to hydrolysis) is 1. The van der Waals surface area contributed by atoms with E-state index in [-0.39, 0.29) is 0 Å². The van der Waals surface area contributed by atoms with Crippen LogP contribution in [0, 0.1) is 0 Å². The van der Waals surface area contributed by atoms with E-state index in [9.17, 15) is 9.59 Å². The summed E-state index contributed by atoms with van der Waals surface area (Å²) in [7, 11) is 6.27. The van der Waals surface area contributed by atoms with Gasteiger partial charge in [-0.3, -0.25) is 0 Å². The van der Waals surface area contributed by atoms with Crippen LogP contribution in [0.5, 0.6) is 0 Å². The van der Waals surface area contributed by atoms with Crippen LogP contribution in [-0.4, -0.2) is 61.0 Å². The van der Waals surface area contributed by atoms with Crippen LogP contribution in [0.4, 0.5) is 4.79 Å². The summed E-state index contributed by atoms with van der Waals surface area (Å²) in [4.78, 5) is 22.7. The predicted molar refractivity (Wildman–Crippen MR) is 77.5 cm³/mol. The number of carboxylic acids is 1. The molecule has 0 aliphatic carbocycles. The van der Waals surface area contributed by atoms with Gasteiger partial charge in [0.15, 0.2) is 0 Å². The summed E-state index contributed by atoms with van der Waals surface area (Å²) in [6.45, 7) is 6.19. The van der Waals surface area contributed by atoms with Crippen LogP contribution in [-0.2, 0) is 9.53 Å². The number of quaternary nitrogens is 1. The number of amides is 1. The molecule has 2 N–H and O–H groups in total. The minimum Gasteiger partial charge on any atom is -0.480 e. The maximum absolute atomic E-state index is 11.6. The van der Waals surface area contributed by atoms with E-state index in [1.807, 2.05) is 0 Å². The normalized spacial score (nSPS) is 13.7. The van der Waals surface area contributed by atoms with E-state index in [2.05, 4.69) is 26.5 Å². The van der Waals surface area contributed by atoms with Gasteiger partial charge >= 0.3 is 12.1 Å². The minimum absolute atomic E-state index is 0.411. The lowest BCUT2D eigenvalue weighted by molar-refractivity contribution is -0.870. The first-order chi connectivity index (χ1) is 8.91. The number of aliphatic carboxylic acids is 1. The molecule has 0 spiro atoms. The standard InChI is InChI=1S/C14H28N2O4/c1-14(2,3)20-13(19)15-11(12(17)18)9-7-8-10-16(4,5)6/h11H,7-10H2,1-6H3,(H-,15,17,18,19)/p+1/t11-/m0/s1. The number of carbonyl (C=O) groups excluding carboxylic acids is 1. The Kier molecular flexibility index (Phi) is 6.99. The highest BCUT2D eigenvalue weighted by Gasteiger charge is 2.23. The molecular formula is C14H29N2O4+. The maximum Gasteiger partial charge on any atom is 0.408 e. The molecule has 0 aliphatic heterocycles. The van der Waals surface area contributed by atoms with E-state index in [0.29, 0.717) is 6.42 Å². The zero-order valence-electron chi connectivity index (χ0n) is 13.5. The first-order valence-corrected chi connectivity index (χ1v) is 6.93. The summed E-state index contributed by atoms with van der Waals surface area (Å²) < 4.78 is 5.91. The van der Waals surface area contributed by atoms with Gasteiger partial charge in [0.2, 0.25) is 0 Å². The Labute approximate surface area is 121 Å². The number of hydrogen-bond donors (Lipinski definition) is 2. The smallest absolute Gasteiger partial charge is 0.408 e. The van der Waals surface area contributed by atoms with E-state index in [1.54, 1.807) is 20.8 Å². The fourth-order valence-electron chi connectivity index (χ4n) is 1.64. The molecule has 0 aromatic carbocycles. The largest absolute Gasteiger partial charge is 0.480 e. The Bertz CT molecular complexity index is 329. The van der Waals surface area contributed by atoms with Gasteiger partial charge < -0.3 is 19.6 Å². The number of nitrogens with one attached hydrogen (secondary N) is 1. The molecular weight excluding hydrogens is 260 g/mol. The molecule has 6 nitrogen and oxygen atoms in total. The lowest BCUT2D eigenvalue weighted by Crippen LogP contribution is -2.43. The first-order valence-electron chi connectivity index (χ1n) is 6.93. The fraction of sp³-hybridized carbons (Fsp3) is 0.857. The van der Waals surface area contributed by atoms with Crippen LogP contribution < -0.4 is 5.32 Å². The summed E-state index contributed by atoms with van der Waals surface area (Å²) in [5, 5.41) is 11.5. The van der Waals surface area contributed by atoms with Gasteiger partial charge in [-0.25, -0.2) is 9.59 Å². The van der Waals surface area contributed by atoms with Crippen molar-refractivity contribution in [3.8, 4) is 0 Å². The third kappa shape index (κ3) is 10.6. The monoisotopic (exact) mass is 289 g/mol. The quantitative estimate of drug-likeness (QED) is 0.554. The van der Waals surface area contributed by atoms with Gasteiger partial charge in [-0.2, -0.15) is 0 Å². The first kappa shape index (κ1) is 18.7. The Balaban J connectivity index is 4.18. The minimum atomic E-state index is -1.03. The number of unbranched alkanes of at least 4 members (excludes halogenated alkanes) is 1. The van der Waals surface area contributed by atoms with Gasteiger partial charge in [-0.05, 0) is 40.0 Å². The highest BCUT2D eigenvalue weighted by atomic mass is 16.6. The Hall–Kier alpha value is -1.30.